The number of halogens is 4. The van der Waals surface area contributed by atoms with Crippen LogP contribution in [0, 0.1) is 0 Å². The summed E-state index contributed by atoms with van der Waals surface area (Å²) in [7, 11) is 0. The number of nitrogens with one attached hydrogen (secondary N) is 2. The highest BCUT2D eigenvalue weighted by atomic mass is 79.9. The molecule has 0 spiro atoms. The van der Waals surface area contributed by atoms with Crippen molar-refractivity contribution in [3.63, 3.8) is 0 Å². The van der Waals surface area contributed by atoms with Crippen LogP contribution in [0.3, 0.4) is 0 Å². The number of carbonyl (C=O) groups is 1. The lowest BCUT2D eigenvalue weighted by molar-refractivity contribution is -0.138. The minimum atomic E-state index is -4.51. The van der Waals surface area contributed by atoms with Crippen molar-refractivity contribution >= 4 is 21.8 Å². The molecule has 1 aromatic carbocycles. The van der Waals surface area contributed by atoms with E-state index in [1.165, 1.54) is 18.5 Å². The third kappa shape index (κ3) is 4.07. The quantitative estimate of drug-likeness (QED) is 0.878. The van der Waals surface area contributed by atoms with Crippen molar-refractivity contribution in [3.05, 3.63) is 52.0 Å². The smallest absolute Gasteiger partial charge is 0.352 e. The van der Waals surface area contributed by atoms with Crippen LogP contribution in [0.25, 0.3) is 0 Å². The molecule has 0 saturated heterocycles. The van der Waals surface area contributed by atoms with Gasteiger partial charge in [0.15, 0.2) is 0 Å². The Kier molecular flexibility index (Phi) is 4.66. The molecular weight excluding hydrogens is 351 g/mol. The minimum absolute atomic E-state index is 0.0323. The molecule has 0 atom stereocenters. The van der Waals surface area contributed by atoms with Crippen LogP contribution in [0.4, 0.5) is 13.2 Å². The second-order valence-electron chi connectivity index (χ2n) is 4.28. The van der Waals surface area contributed by atoms with Crippen LogP contribution in [-0.4, -0.2) is 22.4 Å². The monoisotopic (exact) mass is 361 g/mol. The van der Waals surface area contributed by atoms with Crippen molar-refractivity contribution in [1.29, 1.82) is 0 Å². The number of H-pyrrole nitrogens is 1. The molecule has 2 N–H and O–H groups in total. The van der Waals surface area contributed by atoms with E-state index in [0.29, 0.717) is 13.0 Å². The Morgan fingerprint density at radius 2 is 2.14 bits per heavy atom. The highest BCUT2D eigenvalue weighted by Crippen LogP contribution is 2.35. The maximum atomic E-state index is 12.8. The van der Waals surface area contributed by atoms with E-state index in [4.69, 9.17) is 0 Å². The summed E-state index contributed by atoms with van der Waals surface area (Å²) in [6, 6.07) is 3.38. The van der Waals surface area contributed by atoms with Crippen LogP contribution in [-0.2, 0) is 12.6 Å². The van der Waals surface area contributed by atoms with Gasteiger partial charge in [-0.25, -0.2) is 4.98 Å². The Bertz CT molecular complexity index is 626. The van der Waals surface area contributed by atoms with E-state index in [1.807, 2.05) is 0 Å². The summed E-state index contributed by atoms with van der Waals surface area (Å²) >= 11 is 2.83. The molecular formula is C13H11BrF3N3O. The normalized spacial score (nSPS) is 11.4. The Labute approximate surface area is 126 Å². The number of aromatic nitrogens is 2. The minimum Gasteiger partial charge on any atom is -0.352 e. The molecule has 1 heterocycles. The lowest BCUT2D eigenvalue weighted by Crippen LogP contribution is -2.26. The van der Waals surface area contributed by atoms with Gasteiger partial charge < -0.3 is 10.3 Å². The molecule has 2 aromatic rings. The summed E-state index contributed by atoms with van der Waals surface area (Å²) in [5.74, 6) is -0.549. The number of benzene rings is 1. The lowest BCUT2D eigenvalue weighted by atomic mass is 10.1. The largest absolute Gasteiger partial charge is 0.417 e. The van der Waals surface area contributed by atoms with Gasteiger partial charge in [-0.1, -0.05) is 15.9 Å². The number of hydrogen-bond donors (Lipinski definition) is 2. The van der Waals surface area contributed by atoms with Crippen molar-refractivity contribution < 1.29 is 18.0 Å². The first-order chi connectivity index (χ1) is 9.88. The number of nitrogens with zero attached hydrogens (tertiary/aromatic N) is 1. The predicted molar refractivity (Wildman–Crippen MR) is 73.8 cm³/mol. The first-order valence-corrected chi connectivity index (χ1v) is 6.79. The maximum absolute atomic E-state index is 12.8. The molecule has 0 aliphatic carbocycles. The molecule has 1 amide bonds. The standard InChI is InChI=1S/C13H11BrF3N3O/c14-11-2-1-8(5-10(11)13(15,16)17)12(21)19-4-3-9-6-18-7-20-9/h1-2,5-7H,3-4H2,(H,18,20)(H,19,21). The van der Waals surface area contributed by atoms with Gasteiger partial charge >= 0.3 is 6.18 Å². The van der Waals surface area contributed by atoms with Crippen molar-refractivity contribution in [2.45, 2.75) is 12.6 Å². The molecule has 1 aromatic heterocycles. The summed E-state index contributed by atoms with van der Waals surface area (Å²) in [6.45, 7) is 0.304. The molecule has 0 aliphatic heterocycles. The molecule has 4 nitrogen and oxygen atoms in total. The van der Waals surface area contributed by atoms with Gasteiger partial charge in [0.05, 0.1) is 11.9 Å². The van der Waals surface area contributed by atoms with E-state index < -0.39 is 17.6 Å². The van der Waals surface area contributed by atoms with E-state index >= 15 is 0 Å². The van der Waals surface area contributed by atoms with Crippen LogP contribution in [0.2, 0.25) is 0 Å². The fraction of sp³-hybridized carbons (Fsp3) is 0.231. The molecule has 21 heavy (non-hydrogen) atoms. The van der Waals surface area contributed by atoms with Crippen LogP contribution in [0.15, 0.2) is 35.2 Å². The van der Waals surface area contributed by atoms with Gasteiger partial charge in [0.2, 0.25) is 0 Å². The zero-order valence-corrected chi connectivity index (χ0v) is 12.3. The molecule has 0 unspecified atom stereocenters. The molecule has 2 rings (SSSR count). The van der Waals surface area contributed by atoms with Crippen molar-refractivity contribution in [1.82, 2.24) is 15.3 Å². The van der Waals surface area contributed by atoms with Crippen LogP contribution in [0.5, 0.6) is 0 Å². The summed E-state index contributed by atoms with van der Waals surface area (Å²) in [5.41, 5.74) is -0.0686. The molecule has 0 radical (unpaired) electrons. The van der Waals surface area contributed by atoms with Crippen LogP contribution >= 0.6 is 15.9 Å². The molecule has 0 fully saturated rings. The zero-order valence-electron chi connectivity index (χ0n) is 10.7. The molecule has 0 aliphatic rings. The first-order valence-electron chi connectivity index (χ1n) is 6.00. The van der Waals surface area contributed by atoms with Gasteiger partial charge in [0.1, 0.15) is 0 Å². The van der Waals surface area contributed by atoms with Gasteiger partial charge in [-0.2, -0.15) is 13.2 Å². The first kappa shape index (κ1) is 15.6. The molecule has 0 bridgehead atoms. The average molecular weight is 362 g/mol. The SMILES string of the molecule is O=C(NCCc1cnc[nH]1)c1ccc(Br)c(C(F)(F)F)c1. The Morgan fingerprint density at radius 1 is 1.38 bits per heavy atom. The summed E-state index contributed by atoms with van der Waals surface area (Å²) in [4.78, 5) is 18.5. The highest BCUT2D eigenvalue weighted by Gasteiger charge is 2.33. The van der Waals surface area contributed by atoms with Crippen LogP contribution in [0.1, 0.15) is 21.6 Å². The van der Waals surface area contributed by atoms with Crippen molar-refractivity contribution in [2.24, 2.45) is 0 Å². The van der Waals surface area contributed by atoms with Crippen LogP contribution < -0.4 is 5.32 Å². The van der Waals surface area contributed by atoms with Gasteiger partial charge in [0, 0.05) is 34.9 Å². The summed E-state index contributed by atoms with van der Waals surface area (Å²) < 4.78 is 38.2. The highest BCUT2D eigenvalue weighted by molar-refractivity contribution is 9.10. The van der Waals surface area contributed by atoms with E-state index in [1.54, 1.807) is 6.20 Å². The number of rotatable bonds is 4. The maximum Gasteiger partial charge on any atom is 0.417 e. The van der Waals surface area contributed by atoms with Crippen molar-refractivity contribution in [2.75, 3.05) is 6.54 Å². The third-order valence-corrected chi connectivity index (χ3v) is 3.46. The number of imidazole rings is 1. The lowest BCUT2D eigenvalue weighted by Gasteiger charge is -2.11. The predicted octanol–water partition coefficient (Wildman–Crippen LogP) is 3.16. The van der Waals surface area contributed by atoms with Gasteiger partial charge in [-0.3, -0.25) is 4.79 Å². The van der Waals surface area contributed by atoms with E-state index in [2.05, 4.69) is 31.2 Å². The molecule has 0 saturated carbocycles. The topological polar surface area (TPSA) is 57.8 Å². The van der Waals surface area contributed by atoms with Gasteiger partial charge in [0.25, 0.3) is 5.91 Å². The molecule has 112 valence electrons. The zero-order chi connectivity index (χ0) is 15.5. The van der Waals surface area contributed by atoms with E-state index in [0.717, 1.165) is 11.8 Å². The number of carbonyl (C=O) groups excluding carboxylic acids is 1. The van der Waals surface area contributed by atoms with E-state index in [-0.39, 0.29) is 10.0 Å². The third-order valence-electron chi connectivity index (χ3n) is 2.77. The van der Waals surface area contributed by atoms with Gasteiger partial charge in [-0.15, -0.1) is 0 Å². The Hall–Kier alpha value is -1.83. The number of alkyl halides is 3. The fourth-order valence-electron chi connectivity index (χ4n) is 1.72. The Balaban J connectivity index is 2.02. The van der Waals surface area contributed by atoms with Gasteiger partial charge in [-0.05, 0) is 18.2 Å². The van der Waals surface area contributed by atoms with E-state index in [9.17, 15) is 18.0 Å². The second kappa shape index (κ2) is 6.30. The number of hydrogen-bond acceptors (Lipinski definition) is 2. The molecule has 8 heteroatoms. The van der Waals surface area contributed by atoms with Crippen molar-refractivity contribution in [3.8, 4) is 0 Å². The summed E-state index contributed by atoms with van der Waals surface area (Å²) in [6.07, 6.45) is -0.853. The fourth-order valence-corrected chi connectivity index (χ4v) is 2.19. The Morgan fingerprint density at radius 3 is 2.76 bits per heavy atom. The average Bonchev–Trinajstić information content (AvgIpc) is 2.91. The second-order valence-corrected chi connectivity index (χ2v) is 5.13. The number of aromatic amines is 1. The summed E-state index contributed by atoms with van der Waals surface area (Å²) in [5, 5.41) is 2.57. The number of amides is 1.